The Morgan fingerprint density at radius 2 is 1.64 bits per heavy atom. The fraction of sp³-hybridized carbons (Fsp3) is 0.607. The molecule has 0 amide bonds. The summed E-state index contributed by atoms with van der Waals surface area (Å²) in [5.74, 6) is 1.50. The predicted octanol–water partition coefficient (Wildman–Crippen LogP) is 3.14. The van der Waals surface area contributed by atoms with Crippen LogP contribution in [0.15, 0.2) is 30.3 Å². The van der Waals surface area contributed by atoms with E-state index in [2.05, 4.69) is 20.1 Å². The van der Waals surface area contributed by atoms with Crippen LogP contribution >= 0.6 is 0 Å². The molecule has 0 atom stereocenters. The Morgan fingerprint density at radius 3 is 2.33 bits per heavy atom. The number of nitrogens with one attached hydrogen (secondary N) is 1. The van der Waals surface area contributed by atoms with Crippen LogP contribution < -0.4 is 10.2 Å². The number of hydrogen-bond donors (Lipinski definition) is 1. The number of anilines is 2. The van der Waals surface area contributed by atoms with Crippen molar-refractivity contribution in [2.75, 3.05) is 75.5 Å². The molecular formula is C28H38F2N8O3S. The molecule has 1 N–H and O–H groups in total. The molecule has 0 aliphatic carbocycles. The summed E-state index contributed by atoms with van der Waals surface area (Å²) in [6.07, 6.45) is 2.27. The molecule has 0 spiro atoms. The van der Waals surface area contributed by atoms with Gasteiger partial charge in [-0.2, -0.15) is 9.97 Å². The normalized spacial score (nSPS) is 20.5. The lowest BCUT2D eigenvalue weighted by molar-refractivity contribution is 0.0997. The highest BCUT2D eigenvalue weighted by molar-refractivity contribution is 7.88. The summed E-state index contributed by atoms with van der Waals surface area (Å²) >= 11 is 0. The van der Waals surface area contributed by atoms with E-state index in [1.165, 1.54) is 10.8 Å². The number of alkyl halides is 2. The van der Waals surface area contributed by atoms with Crippen LogP contribution in [0.2, 0.25) is 0 Å². The summed E-state index contributed by atoms with van der Waals surface area (Å²) in [6.45, 7) is 6.25. The number of halogens is 2. The van der Waals surface area contributed by atoms with E-state index in [1.807, 2.05) is 0 Å². The van der Waals surface area contributed by atoms with Gasteiger partial charge in [-0.1, -0.05) is 12.1 Å². The van der Waals surface area contributed by atoms with Crippen molar-refractivity contribution in [3.8, 4) is 5.82 Å². The van der Waals surface area contributed by atoms with E-state index in [9.17, 15) is 17.2 Å². The van der Waals surface area contributed by atoms with Gasteiger partial charge in [-0.25, -0.2) is 26.5 Å². The number of piperidine rings is 2. The van der Waals surface area contributed by atoms with Crippen LogP contribution in [0.5, 0.6) is 0 Å². The minimum atomic E-state index is -3.12. The van der Waals surface area contributed by atoms with Crippen molar-refractivity contribution in [1.29, 1.82) is 0 Å². The number of nitrogens with zero attached hydrogens (tertiary/aromatic N) is 7. The number of rotatable bonds is 8. The number of para-hydroxylation sites is 2. The molecule has 1 aromatic carbocycles. The molecule has 3 fully saturated rings. The zero-order valence-corrected chi connectivity index (χ0v) is 24.6. The van der Waals surface area contributed by atoms with Crippen LogP contribution in [0, 0.1) is 5.92 Å². The fourth-order valence-corrected chi connectivity index (χ4v) is 7.17. The zero-order valence-electron chi connectivity index (χ0n) is 23.8. The van der Waals surface area contributed by atoms with Crippen molar-refractivity contribution in [1.82, 2.24) is 28.7 Å². The van der Waals surface area contributed by atoms with Crippen molar-refractivity contribution in [3.05, 3.63) is 36.2 Å². The third-order valence-corrected chi connectivity index (χ3v) is 9.96. The third-order valence-electron chi connectivity index (χ3n) is 8.65. The van der Waals surface area contributed by atoms with Crippen LogP contribution in [-0.2, 0) is 14.8 Å². The largest absolute Gasteiger partial charge is 0.378 e. The molecule has 6 rings (SSSR count). The number of fused-ring (bicyclic) bond motifs is 1. The number of ether oxygens (including phenoxy) is 1. The topological polar surface area (TPSA) is 109 Å². The molecule has 0 bridgehead atoms. The number of hydrogen-bond acceptors (Lipinski definition) is 9. The summed E-state index contributed by atoms with van der Waals surface area (Å²) < 4.78 is 60.5. The fourth-order valence-electron chi connectivity index (χ4n) is 6.30. The number of likely N-dealkylation sites (tertiary alicyclic amines) is 1. The van der Waals surface area contributed by atoms with E-state index in [0.717, 1.165) is 38.8 Å². The van der Waals surface area contributed by atoms with E-state index in [1.54, 1.807) is 34.6 Å². The maximum absolute atomic E-state index is 14.1. The Morgan fingerprint density at radius 1 is 0.952 bits per heavy atom. The summed E-state index contributed by atoms with van der Waals surface area (Å²) in [6, 6.07) is 9.26. The van der Waals surface area contributed by atoms with Gasteiger partial charge in [0.2, 0.25) is 16.0 Å². The van der Waals surface area contributed by atoms with Crippen LogP contribution in [0.25, 0.3) is 16.9 Å². The molecule has 5 heterocycles. The molecule has 2 aromatic heterocycles. The first-order valence-corrected chi connectivity index (χ1v) is 16.5. The number of imidazole rings is 1. The first-order chi connectivity index (χ1) is 20.3. The predicted molar refractivity (Wildman–Crippen MR) is 157 cm³/mol. The Balaban J connectivity index is 1.16. The molecule has 0 unspecified atom stereocenters. The maximum Gasteiger partial charge on any atom is 0.296 e. The minimum Gasteiger partial charge on any atom is -0.378 e. The summed E-state index contributed by atoms with van der Waals surface area (Å²) in [7, 11) is -3.12. The van der Waals surface area contributed by atoms with Gasteiger partial charge in [0.25, 0.3) is 6.43 Å². The number of aromatic nitrogens is 4. The monoisotopic (exact) mass is 604 g/mol. The highest BCUT2D eigenvalue weighted by Crippen LogP contribution is 2.30. The average Bonchev–Trinajstić information content (AvgIpc) is 3.41. The van der Waals surface area contributed by atoms with Crippen LogP contribution in [0.4, 0.5) is 20.5 Å². The van der Waals surface area contributed by atoms with Gasteiger partial charge in [-0.3, -0.25) is 4.57 Å². The van der Waals surface area contributed by atoms with Crippen LogP contribution in [-0.4, -0.2) is 108 Å². The summed E-state index contributed by atoms with van der Waals surface area (Å²) in [5, 5.41) is 3.42. The van der Waals surface area contributed by atoms with Gasteiger partial charge in [-0.05, 0) is 56.8 Å². The highest BCUT2D eigenvalue weighted by Gasteiger charge is 2.31. The van der Waals surface area contributed by atoms with Gasteiger partial charge in [0.1, 0.15) is 11.6 Å². The molecule has 3 saturated heterocycles. The van der Waals surface area contributed by atoms with Gasteiger partial charge >= 0.3 is 0 Å². The molecule has 0 radical (unpaired) electrons. The van der Waals surface area contributed by atoms with Gasteiger partial charge in [0.05, 0.1) is 30.5 Å². The van der Waals surface area contributed by atoms with E-state index < -0.39 is 16.4 Å². The summed E-state index contributed by atoms with van der Waals surface area (Å²) in [5.41, 5.74) is 1.06. The second-order valence-corrected chi connectivity index (χ2v) is 13.3. The SMILES string of the molecule is CS(=O)(=O)N1CCC(N2CCC(CNc3nc(N4CCOCC4)cc(-n4c(C(F)F)nc5ccccc54)n3)CC2)CC1. The van der Waals surface area contributed by atoms with Gasteiger partial charge in [0.15, 0.2) is 5.82 Å². The average molecular weight is 605 g/mol. The molecular weight excluding hydrogens is 566 g/mol. The standard InChI is InChI=1S/C28H38F2N8O3S/c1-42(39,40)37-12-8-21(9-13-37)35-10-6-20(7-11-35)19-31-28-33-24(36-14-16-41-17-15-36)18-25(34-28)38-23-5-3-2-4-22(23)32-27(38)26(29)30/h2-5,18,20-21,26H,6-17,19H2,1H3,(H,31,33,34). The quantitative estimate of drug-likeness (QED) is 0.415. The van der Waals surface area contributed by atoms with Crippen molar-refractivity contribution >= 4 is 32.8 Å². The van der Waals surface area contributed by atoms with Crippen LogP contribution in [0.1, 0.15) is 37.9 Å². The van der Waals surface area contributed by atoms with Gasteiger partial charge < -0.3 is 19.9 Å². The smallest absolute Gasteiger partial charge is 0.296 e. The van der Waals surface area contributed by atoms with E-state index in [4.69, 9.17) is 14.7 Å². The molecule has 0 saturated carbocycles. The molecule has 11 nitrogen and oxygen atoms in total. The molecule has 14 heteroatoms. The van der Waals surface area contributed by atoms with Crippen LogP contribution in [0.3, 0.4) is 0 Å². The lowest BCUT2D eigenvalue weighted by atomic mass is 9.94. The van der Waals surface area contributed by atoms with Crippen molar-refractivity contribution in [2.24, 2.45) is 5.92 Å². The molecule has 42 heavy (non-hydrogen) atoms. The Bertz CT molecular complexity index is 1480. The zero-order chi connectivity index (χ0) is 29.3. The van der Waals surface area contributed by atoms with Gasteiger partial charge in [-0.15, -0.1) is 0 Å². The van der Waals surface area contributed by atoms with E-state index in [0.29, 0.717) is 86.5 Å². The number of benzene rings is 1. The molecule has 228 valence electrons. The lowest BCUT2D eigenvalue weighted by Crippen LogP contribution is -2.49. The second kappa shape index (κ2) is 12.3. The Kier molecular flexibility index (Phi) is 8.57. The Hall–Kier alpha value is -2.94. The van der Waals surface area contributed by atoms with Crippen molar-refractivity contribution < 1.29 is 21.9 Å². The van der Waals surface area contributed by atoms with E-state index in [-0.39, 0.29) is 5.82 Å². The second-order valence-electron chi connectivity index (χ2n) is 11.4. The minimum absolute atomic E-state index is 0.344. The molecule has 3 aliphatic heterocycles. The summed E-state index contributed by atoms with van der Waals surface area (Å²) in [4.78, 5) is 18.3. The highest BCUT2D eigenvalue weighted by atomic mass is 32.2. The first kappa shape index (κ1) is 29.1. The number of morpholine rings is 1. The maximum atomic E-state index is 14.1. The molecule has 3 aliphatic rings. The lowest BCUT2D eigenvalue weighted by Gasteiger charge is -2.41. The molecule has 3 aromatic rings. The number of sulfonamides is 1. The van der Waals surface area contributed by atoms with Gasteiger partial charge in [0, 0.05) is 44.8 Å². The Labute approximate surface area is 244 Å². The van der Waals surface area contributed by atoms with Crippen molar-refractivity contribution in [3.63, 3.8) is 0 Å². The van der Waals surface area contributed by atoms with Crippen molar-refractivity contribution in [2.45, 2.75) is 38.2 Å². The van der Waals surface area contributed by atoms with E-state index >= 15 is 0 Å². The first-order valence-electron chi connectivity index (χ1n) is 14.7. The third kappa shape index (κ3) is 6.36.